The minimum Gasteiger partial charge on any atom is -0.504 e. The fraction of sp³-hybridized carbons (Fsp3) is 0. The van der Waals surface area contributed by atoms with Gasteiger partial charge in [0, 0.05) is 16.5 Å². The standard InChI is InChI=1S/C16H11NO4S/c18-12-6-10(7-13(19)15(12)21)14(20)16-17-11(8-22-16)9-4-2-1-3-5-9/h1-8,18-19,21H. The van der Waals surface area contributed by atoms with E-state index in [1.54, 1.807) is 5.38 Å². The van der Waals surface area contributed by atoms with Gasteiger partial charge in [0.15, 0.2) is 22.3 Å². The van der Waals surface area contributed by atoms with E-state index in [0.717, 1.165) is 17.7 Å². The van der Waals surface area contributed by atoms with Gasteiger partial charge in [-0.3, -0.25) is 4.79 Å². The van der Waals surface area contributed by atoms with Crippen molar-refractivity contribution in [3.05, 3.63) is 58.4 Å². The molecule has 0 bridgehead atoms. The summed E-state index contributed by atoms with van der Waals surface area (Å²) in [5, 5.41) is 30.3. The summed E-state index contributed by atoms with van der Waals surface area (Å²) >= 11 is 1.18. The summed E-state index contributed by atoms with van der Waals surface area (Å²) in [6.45, 7) is 0. The largest absolute Gasteiger partial charge is 0.504 e. The zero-order valence-corrected chi connectivity index (χ0v) is 12.0. The predicted molar refractivity (Wildman–Crippen MR) is 82.4 cm³/mol. The number of benzene rings is 2. The monoisotopic (exact) mass is 313 g/mol. The Bertz CT molecular complexity index is 819. The second-order valence-corrected chi connectivity index (χ2v) is 5.45. The van der Waals surface area contributed by atoms with Crippen molar-refractivity contribution < 1.29 is 20.1 Å². The van der Waals surface area contributed by atoms with Crippen LogP contribution in [0.3, 0.4) is 0 Å². The summed E-state index contributed by atoms with van der Waals surface area (Å²) in [6.07, 6.45) is 0. The molecule has 0 amide bonds. The van der Waals surface area contributed by atoms with Gasteiger partial charge in [-0.15, -0.1) is 11.3 Å². The van der Waals surface area contributed by atoms with Gasteiger partial charge in [0.2, 0.25) is 5.78 Å². The second kappa shape index (κ2) is 5.50. The molecule has 0 aliphatic heterocycles. The van der Waals surface area contributed by atoms with Gasteiger partial charge in [0.25, 0.3) is 0 Å². The number of hydrogen-bond donors (Lipinski definition) is 3. The minimum atomic E-state index is -0.652. The Morgan fingerprint density at radius 3 is 2.27 bits per heavy atom. The number of nitrogens with zero attached hydrogens (tertiary/aromatic N) is 1. The van der Waals surface area contributed by atoms with Gasteiger partial charge in [-0.25, -0.2) is 4.98 Å². The van der Waals surface area contributed by atoms with Crippen LogP contribution < -0.4 is 0 Å². The summed E-state index contributed by atoms with van der Waals surface area (Å²) < 4.78 is 0. The lowest BCUT2D eigenvalue weighted by molar-refractivity contribution is 0.103. The van der Waals surface area contributed by atoms with E-state index in [9.17, 15) is 20.1 Å². The molecular formula is C16H11NO4S. The highest BCUT2D eigenvalue weighted by atomic mass is 32.1. The average molecular weight is 313 g/mol. The van der Waals surface area contributed by atoms with Crippen molar-refractivity contribution in [3.63, 3.8) is 0 Å². The normalized spacial score (nSPS) is 10.5. The Hall–Kier alpha value is -2.86. The van der Waals surface area contributed by atoms with Crippen LogP contribution in [-0.2, 0) is 0 Å². The van der Waals surface area contributed by atoms with Crippen molar-refractivity contribution in [2.24, 2.45) is 0 Å². The van der Waals surface area contributed by atoms with Crippen molar-refractivity contribution in [2.75, 3.05) is 0 Å². The van der Waals surface area contributed by atoms with Crippen LogP contribution >= 0.6 is 11.3 Å². The SMILES string of the molecule is O=C(c1cc(O)c(O)c(O)c1)c1nc(-c2ccccc2)cs1. The first-order chi connectivity index (χ1) is 10.6. The number of hydrogen-bond acceptors (Lipinski definition) is 6. The number of rotatable bonds is 3. The van der Waals surface area contributed by atoms with Gasteiger partial charge in [-0.2, -0.15) is 0 Å². The lowest BCUT2D eigenvalue weighted by Crippen LogP contribution is -2.00. The van der Waals surface area contributed by atoms with E-state index in [4.69, 9.17) is 0 Å². The number of aromatic nitrogens is 1. The number of phenolic OH excluding ortho intramolecular Hbond substituents is 3. The molecule has 22 heavy (non-hydrogen) atoms. The summed E-state index contributed by atoms with van der Waals surface area (Å²) in [5.41, 5.74) is 1.64. The third kappa shape index (κ3) is 2.51. The van der Waals surface area contributed by atoms with Gasteiger partial charge in [0.05, 0.1) is 5.69 Å². The maximum absolute atomic E-state index is 12.4. The molecule has 0 spiro atoms. The smallest absolute Gasteiger partial charge is 0.221 e. The Morgan fingerprint density at radius 1 is 1.00 bits per heavy atom. The van der Waals surface area contributed by atoms with Crippen LogP contribution in [0.15, 0.2) is 47.8 Å². The highest BCUT2D eigenvalue weighted by Crippen LogP contribution is 2.36. The summed E-state index contributed by atoms with van der Waals surface area (Å²) in [5.74, 6) is -2.19. The Kier molecular flexibility index (Phi) is 3.52. The Morgan fingerprint density at radius 2 is 1.64 bits per heavy atom. The van der Waals surface area contributed by atoms with Crippen LogP contribution in [0.25, 0.3) is 11.3 Å². The molecule has 0 aliphatic rings. The molecule has 0 atom stereocenters. The summed E-state index contributed by atoms with van der Waals surface area (Å²) in [7, 11) is 0. The highest BCUT2D eigenvalue weighted by Gasteiger charge is 2.18. The quantitative estimate of drug-likeness (QED) is 0.510. The van der Waals surface area contributed by atoms with Crippen LogP contribution in [-0.4, -0.2) is 26.1 Å². The molecule has 1 aromatic heterocycles. The molecule has 110 valence electrons. The highest BCUT2D eigenvalue weighted by molar-refractivity contribution is 7.12. The first-order valence-electron chi connectivity index (χ1n) is 6.37. The maximum Gasteiger partial charge on any atom is 0.221 e. The zero-order valence-electron chi connectivity index (χ0n) is 11.2. The molecule has 6 heteroatoms. The Labute approximate surface area is 129 Å². The number of thiazole rings is 1. The number of carbonyl (C=O) groups is 1. The molecule has 3 rings (SSSR count). The summed E-state index contributed by atoms with van der Waals surface area (Å²) in [6, 6.07) is 11.6. The van der Waals surface area contributed by atoms with Crippen LogP contribution in [0, 0.1) is 0 Å². The molecule has 3 aromatic rings. The van der Waals surface area contributed by atoms with Crippen LogP contribution in [0.4, 0.5) is 0 Å². The van der Waals surface area contributed by atoms with Gasteiger partial charge in [-0.05, 0) is 12.1 Å². The van der Waals surface area contributed by atoms with E-state index in [1.165, 1.54) is 11.3 Å². The van der Waals surface area contributed by atoms with Gasteiger partial charge in [-0.1, -0.05) is 30.3 Å². The van der Waals surface area contributed by atoms with Gasteiger partial charge in [0.1, 0.15) is 0 Å². The topological polar surface area (TPSA) is 90.7 Å². The molecule has 5 nitrogen and oxygen atoms in total. The zero-order chi connectivity index (χ0) is 15.7. The molecule has 0 unspecified atom stereocenters. The third-order valence-electron chi connectivity index (χ3n) is 3.10. The lowest BCUT2D eigenvalue weighted by atomic mass is 10.1. The molecule has 0 saturated heterocycles. The van der Waals surface area contributed by atoms with E-state index in [2.05, 4.69) is 4.98 Å². The summed E-state index contributed by atoms with van der Waals surface area (Å²) in [4.78, 5) is 16.6. The first kappa shape index (κ1) is 14.1. The molecule has 0 fully saturated rings. The number of aromatic hydroxyl groups is 3. The van der Waals surface area contributed by atoms with Gasteiger partial charge < -0.3 is 15.3 Å². The fourth-order valence-electron chi connectivity index (χ4n) is 1.98. The average Bonchev–Trinajstić information content (AvgIpc) is 3.02. The first-order valence-corrected chi connectivity index (χ1v) is 7.25. The lowest BCUT2D eigenvalue weighted by Gasteiger charge is -2.03. The van der Waals surface area contributed by atoms with Crippen LogP contribution in [0.1, 0.15) is 15.4 Å². The van der Waals surface area contributed by atoms with E-state index in [-0.39, 0.29) is 10.6 Å². The van der Waals surface area contributed by atoms with E-state index in [1.807, 2.05) is 30.3 Å². The molecule has 1 heterocycles. The van der Waals surface area contributed by atoms with E-state index in [0.29, 0.717) is 5.69 Å². The number of carbonyl (C=O) groups excluding carboxylic acids is 1. The molecule has 3 N–H and O–H groups in total. The van der Waals surface area contributed by atoms with E-state index >= 15 is 0 Å². The second-order valence-electron chi connectivity index (χ2n) is 4.60. The van der Waals surface area contributed by atoms with Crippen molar-refractivity contribution in [2.45, 2.75) is 0 Å². The fourth-order valence-corrected chi connectivity index (χ4v) is 2.77. The number of ketones is 1. The predicted octanol–water partition coefficient (Wildman–Crippen LogP) is 3.16. The van der Waals surface area contributed by atoms with Crippen LogP contribution in [0.5, 0.6) is 17.2 Å². The molecule has 0 aliphatic carbocycles. The third-order valence-corrected chi connectivity index (χ3v) is 3.94. The molecule has 0 radical (unpaired) electrons. The maximum atomic E-state index is 12.4. The molecular weight excluding hydrogens is 302 g/mol. The molecule has 0 saturated carbocycles. The van der Waals surface area contributed by atoms with Crippen molar-refractivity contribution >= 4 is 17.1 Å². The van der Waals surface area contributed by atoms with Crippen molar-refractivity contribution in [1.29, 1.82) is 0 Å². The van der Waals surface area contributed by atoms with Gasteiger partial charge >= 0.3 is 0 Å². The number of phenols is 3. The molecule has 2 aromatic carbocycles. The Balaban J connectivity index is 1.95. The minimum absolute atomic E-state index is 0.0572. The van der Waals surface area contributed by atoms with E-state index < -0.39 is 23.0 Å². The van der Waals surface area contributed by atoms with Crippen molar-refractivity contribution in [3.8, 4) is 28.5 Å². The van der Waals surface area contributed by atoms with Crippen LogP contribution in [0.2, 0.25) is 0 Å². The van der Waals surface area contributed by atoms with Crippen molar-refractivity contribution in [1.82, 2.24) is 4.98 Å².